The van der Waals surface area contributed by atoms with Gasteiger partial charge < -0.3 is 33.6 Å². The van der Waals surface area contributed by atoms with E-state index in [-0.39, 0.29) is 30.0 Å². The molecule has 1 fully saturated rings. The summed E-state index contributed by atoms with van der Waals surface area (Å²) in [7, 11) is 3.64. The zero-order valence-corrected chi connectivity index (χ0v) is 13.0. The highest BCUT2D eigenvalue weighted by atomic mass is 127. The van der Waals surface area contributed by atoms with Crippen LogP contribution in [0.1, 0.15) is 12.8 Å². The molecule has 102 valence electrons. The van der Waals surface area contributed by atoms with Crippen molar-refractivity contribution < 1.29 is 38.1 Å². The zero-order chi connectivity index (χ0) is 12.3. The molecule has 0 aromatic carbocycles. The predicted molar refractivity (Wildman–Crippen MR) is 62.6 cm³/mol. The molecule has 1 aliphatic heterocycles. The lowest BCUT2D eigenvalue weighted by Gasteiger charge is -2.29. The largest absolute Gasteiger partial charge is 1.00 e. The van der Waals surface area contributed by atoms with Gasteiger partial charge in [0.05, 0.1) is 7.05 Å². The fraction of sp³-hybridized carbons (Fsp3) is 0.667. The Morgan fingerprint density at radius 2 is 2.11 bits per heavy atom. The predicted octanol–water partition coefficient (Wildman–Crippen LogP) is -2.36. The molecule has 5 nitrogen and oxygen atoms in total. The van der Waals surface area contributed by atoms with Crippen LogP contribution in [0.25, 0.3) is 0 Å². The number of rotatable bonds is 2. The SMILES string of the molecule is COCC1CCN(C(=O)n2cc[n+](C)c2)CC1.[I-]. The maximum atomic E-state index is 12.1. The van der Waals surface area contributed by atoms with Crippen LogP contribution in [-0.4, -0.2) is 42.3 Å². The lowest BCUT2D eigenvalue weighted by atomic mass is 9.98. The Bertz CT molecular complexity index is 386. The molecule has 0 aliphatic carbocycles. The normalized spacial score (nSPS) is 16.4. The Balaban J connectivity index is 0.00000162. The van der Waals surface area contributed by atoms with Crippen LogP contribution in [0.2, 0.25) is 0 Å². The van der Waals surface area contributed by atoms with Crippen molar-refractivity contribution in [1.82, 2.24) is 9.47 Å². The van der Waals surface area contributed by atoms with E-state index in [9.17, 15) is 4.79 Å². The molecular formula is C12H20IN3O2. The Morgan fingerprint density at radius 3 is 2.61 bits per heavy atom. The van der Waals surface area contributed by atoms with Crippen molar-refractivity contribution in [3.05, 3.63) is 18.7 Å². The smallest absolute Gasteiger partial charge is 0.415 e. The fourth-order valence-electron chi connectivity index (χ4n) is 2.25. The maximum absolute atomic E-state index is 12.1. The number of ether oxygens (including phenoxy) is 1. The number of amides is 1. The number of methoxy groups -OCH3 is 1. The van der Waals surface area contributed by atoms with E-state index in [0.29, 0.717) is 5.92 Å². The van der Waals surface area contributed by atoms with Gasteiger partial charge in [-0.15, -0.1) is 0 Å². The molecule has 0 atom stereocenters. The summed E-state index contributed by atoms with van der Waals surface area (Å²) in [6.45, 7) is 2.46. The third kappa shape index (κ3) is 3.68. The number of aryl methyl sites for hydroxylation is 1. The van der Waals surface area contributed by atoms with Crippen LogP contribution in [0.15, 0.2) is 18.7 Å². The standard InChI is InChI=1S/C12H20N3O2.HI/c1-13-7-8-15(10-13)12(16)14-5-3-11(4-6-14)9-17-2;/h7-8,10-11H,3-6,9H2,1-2H3;1H/q+1;/p-1. The molecule has 2 rings (SSSR count). The summed E-state index contributed by atoms with van der Waals surface area (Å²) in [6, 6.07) is 0.0708. The van der Waals surface area contributed by atoms with E-state index in [1.54, 1.807) is 24.2 Å². The summed E-state index contributed by atoms with van der Waals surface area (Å²) in [5.41, 5.74) is 0. The number of carbonyl (C=O) groups excluding carboxylic acids is 1. The molecular weight excluding hydrogens is 345 g/mol. The third-order valence-electron chi connectivity index (χ3n) is 3.28. The minimum Gasteiger partial charge on any atom is -1.00 e. The molecule has 1 amide bonds. The van der Waals surface area contributed by atoms with Crippen molar-refractivity contribution >= 4 is 6.03 Å². The molecule has 0 N–H and O–H groups in total. The van der Waals surface area contributed by atoms with Crippen LogP contribution in [0.5, 0.6) is 0 Å². The molecule has 0 saturated carbocycles. The van der Waals surface area contributed by atoms with Crippen LogP contribution in [0.3, 0.4) is 0 Å². The van der Waals surface area contributed by atoms with Crippen molar-refractivity contribution in [3.63, 3.8) is 0 Å². The number of nitrogens with zero attached hydrogens (tertiary/aromatic N) is 3. The van der Waals surface area contributed by atoms with Gasteiger partial charge in [0.25, 0.3) is 6.33 Å². The van der Waals surface area contributed by atoms with Gasteiger partial charge in [-0.3, -0.25) is 0 Å². The summed E-state index contributed by atoms with van der Waals surface area (Å²) in [6.07, 6.45) is 7.53. The molecule has 1 aromatic heterocycles. The van der Waals surface area contributed by atoms with Crippen LogP contribution < -0.4 is 28.5 Å². The highest BCUT2D eigenvalue weighted by Gasteiger charge is 2.26. The number of imidazole rings is 1. The van der Waals surface area contributed by atoms with E-state index in [2.05, 4.69) is 0 Å². The Labute approximate surface area is 125 Å². The van der Waals surface area contributed by atoms with Crippen LogP contribution >= 0.6 is 0 Å². The summed E-state index contributed by atoms with van der Waals surface area (Å²) in [4.78, 5) is 14.0. The minimum atomic E-state index is 0. The van der Waals surface area contributed by atoms with Gasteiger partial charge in [0, 0.05) is 26.8 Å². The van der Waals surface area contributed by atoms with Gasteiger partial charge in [-0.25, -0.2) is 9.36 Å². The van der Waals surface area contributed by atoms with Crippen molar-refractivity contribution in [2.24, 2.45) is 13.0 Å². The van der Waals surface area contributed by atoms with Gasteiger partial charge in [-0.1, -0.05) is 0 Å². The first-order valence-electron chi connectivity index (χ1n) is 6.02. The van der Waals surface area contributed by atoms with Crippen LogP contribution in [-0.2, 0) is 11.8 Å². The van der Waals surface area contributed by atoms with Gasteiger partial charge >= 0.3 is 6.03 Å². The molecule has 1 saturated heterocycles. The van der Waals surface area contributed by atoms with Gasteiger partial charge in [0.2, 0.25) is 0 Å². The third-order valence-corrected chi connectivity index (χ3v) is 3.28. The quantitative estimate of drug-likeness (QED) is 0.435. The molecule has 1 aliphatic rings. The number of carbonyl (C=O) groups is 1. The Morgan fingerprint density at radius 1 is 1.44 bits per heavy atom. The first kappa shape index (κ1) is 15.4. The molecule has 0 spiro atoms. The average molecular weight is 365 g/mol. The van der Waals surface area contributed by atoms with E-state index < -0.39 is 0 Å². The molecule has 0 bridgehead atoms. The van der Waals surface area contributed by atoms with Crippen molar-refractivity contribution in [3.8, 4) is 0 Å². The molecule has 2 heterocycles. The summed E-state index contributed by atoms with van der Waals surface area (Å²) in [5.74, 6) is 0.602. The number of likely N-dealkylation sites (tertiary alicyclic amines) is 1. The second kappa shape index (κ2) is 7.08. The number of halogens is 1. The maximum Gasteiger partial charge on any atom is 0.415 e. The highest BCUT2D eigenvalue weighted by Crippen LogP contribution is 2.17. The molecule has 1 aromatic rings. The second-order valence-electron chi connectivity index (χ2n) is 4.65. The summed E-state index contributed by atoms with van der Waals surface area (Å²) < 4.78 is 8.66. The van der Waals surface area contributed by atoms with E-state index in [1.807, 2.05) is 22.7 Å². The highest BCUT2D eigenvalue weighted by molar-refractivity contribution is 5.76. The molecule has 0 radical (unpaired) electrons. The van der Waals surface area contributed by atoms with E-state index in [4.69, 9.17) is 4.74 Å². The minimum absolute atomic E-state index is 0. The van der Waals surface area contributed by atoms with Crippen molar-refractivity contribution in [2.45, 2.75) is 12.8 Å². The second-order valence-corrected chi connectivity index (χ2v) is 4.65. The zero-order valence-electron chi connectivity index (χ0n) is 10.9. The van der Waals surface area contributed by atoms with Crippen LogP contribution in [0, 0.1) is 5.92 Å². The lowest BCUT2D eigenvalue weighted by molar-refractivity contribution is -0.670. The van der Waals surface area contributed by atoms with Gasteiger partial charge in [0.1, 0.15) is 12.4 Å². The molecule has 6 heteroatoms. The summed E-state index contributed by atoms with van der Waals surface area (Å²) >= 11 is 0. The van der Waals surface area contributed by atoms with Gasteiger partial charge in [0.15, 0.2) is 0 Å². The van der Waals surface area contributed by atoms with Crippen molar-refractivity contribution in [2.75, 3.05) is 26.8 Å². The van der Waals surface area contributed by atoms with E-state index in [0.717, 1.165) is 32.5 Å². The van der Waals surface area contributed by atoms with Gasteiger partial charge in [-0.05, 0) is 18.8 Å². The van der Waals surface area contributed by atoms with Crippen LogP contribution in [0.4, 0.5) is 4.79 Å². The monoisotopic (exact) mass is 365 g/mol. The Hall–Kier alpha value is -0.630. The van der Waals surface area contributed by atoms with E-state index in [1.165, 1.54) is 0 Å². The number of piperidine rings is 1. The molecule has 18 heavy (non-hydrogen) atoms. The number of hydrogen-bond acceptors (Lipinski definition) is 2. The number of hydrogen-bond donors (Lipinski definition) is 0. The molecule has 0 unspecified atom stereocenters. The number of aromatic nitrogens is 2. The first-order chi connectivity index (χ1) is 8.20. The first-order valence-corrected chi connectivity index (χ1v) is 6.02. The lowest BCUT2D eigenvalue weighted by Crippen LogP contribution is -3.00. The fourth-order valence-corrected chi connectivity index (χ4v) is 2.25. The topological polar surface area (TPSA) is 38.4 Å². The van der Waals surface area contributed by atoms with Crippen molar-refractivity contribution in [1.29, 1.82) is 0 Å². The Kier molecular flexibility index (Phi) is 6.07. The van der Waals surface area contributed by atoms with Gasteiger partial charge in [-0.2, -0.15) is 4.57 Å². The van der Waals surface area contributed by atoms with E-state index >= 15 is 0 Å². The average Bonchev–Trinajstić information content (AvgIpc) is 2.76. The summed E-state index contributed by atoms with van der Waals surface area (Å²) in [5, 5.41) is 0.